The van der Waals surface area contributed by atoms with E-state index in [1.165, 1.54) is 0 Å². The fourth-order valence-electron chi connectivity index (χ4n) is 3.37. The van der Waals surface area contributed by atoms with Crippen molar-refractivity contribution >= 4 is 23.2 Å². The maximum atomic E-state index is 10.5. The molecule has 0 saturated carbocycles. The second-order valence-electron chi connectivity index (χ2n) is 6.63. The lowest BCUT2D eigenvalue weighted by atomic mass is 10.0. The Hall–Kier alpha value is 0.340. The summed E-state index contributed by atoms with van der Waals surface area (Å²) in [7, 11) is 0. The molecule has 3 rings (SSSR count). The second kappa shape index (κ2) is 5.18. The van der Waals surface area contributed by atoms with Crippen molar-refractivity contribution in [2.75, 3.05) is 6.61 Å². The second-order valence-corrected chi connectivity index (χ2v) is 7.79. The number of ether oxygens (including phenoxy) is 4. The third-order valence-corrected chi connectivity index (χ3v) is 4.63. The predicted octanol–water partition coefficient (Wildman–Crippen LogP) is 1.90. The van der Waals surface area contributed by atoms with Crippen molar-refractivity contribution in [3.05, 3.63) is 0 Å². The Morgan fingerprint density at radius 3 is 2.19 bits per heavy atom. The minimum Gasteiger partial charge on any atom is -0.348 e. The molecular formula is C13H21Cl2NO5. The van der Waals surface area contributed by atoms with Crippen molar-refractivity contribution in [2.24, 2.45) is 0 Å². The molecule has 0 amide bonds. The van der Waals surface area contributed by atoms with E-state index in [2.05, 4.69) is 0 Å². The molecule has 0 aliphatic carbocycles. The molecule has 8 heteroatoms. The van der Waals surface area contributed by atoms with Crippen LogP contribution in [-0.2, 0) is 18.9 Å². The first-order valence-electron chi connectivity index (χ1n) is 7.04. The van der Waals surface area contributed by atoms with Crippen molar-refractivity contribution in [1.29, 1.82) is 0 Å². The fourth-order valence-corrected chi connectivity index (χ4v) is 3.89. The van der Waals surface area contributed by atoms with E-state index in [1.807, 2.05) is 27.7 Å². The third kappa shape index (κ3) is 2.81. The van der Waals surface area contributed by atoms with Crippen molar-refractivity contribution in [2.45, 2.75) is 74.5 Å². The zero-order chi connectivity index (χ0) is 15.6. The molecule has 21 heavy (non-hydrogen) atoms. The van der Waals surface area contributed by atoms with Gasteiger partial charge in [-0.05, 0) is 27.7 Å². The van der Waals surface area contributed by atoms with Gasteiger partial charge in [-0.15, -0.1) is 23.2 Å². The first kappa shape index (κ1) is 16.2. The van der Waals surface area contributed by atoms with E-state index >= 15 is 0 Å². The van der Waals surface area contributed by atoms with Gasteiger partial charge in [0.2, 0.25) is 0 Å². The summed E-state index contributed by atoms with van der Waals surface area (Å²) in [4.78, 5) is -0.805. The van der Waals surface area contributed by atoms with Crippen LogP contribution in [0.15, 0.2) is 0 Å². The van der Waals surface area contributed by atoms with Crippen LogP contribution in [0.5, 0.6) is 0 Å². The summed E-state index contributed by atoms with van der Waals surface area (Å²) in [6.07, 6.45) is -1.13. The molecular weight excluding hydrogens is 321 g/mol. The Labute approximate surface area is 134 Å². The maximum Gasteiger partial charge on any atom is 0.163 e. The molecule has 3 saturated heterocycles. The number of hydroxylamine groups is 2. The molecule has 0 aromatic heterocycles. The van der Waals surface area contributed by atoms with E-state index in [1.54, 1.807) is 0 Å². The highest BCUT2D eigenvalue weighted by atomic mass is 35.5. The highest BCUT2D eigenvalue weighted by molar-refractivity contribution is 6.44. The Bertz CT molecular complexity index is 417. The number of halogens is 2. The van der Waals surface area contributed by atoms with Crippen molar-refractivity contribution < 1.29 is 24.2 Å². The van der Waals surface area contributed by atoms with E-state index in [9.17, 15) is 5.21 Å². The minimum absolute atomic E-state index is 0.341. The first-order chi connectivity index (χ1) is 9.61. The summed E-state index contributed by atoms with van der Waals surface area (Å²) < 4.78 is 23.3. The molecule has 1 N–H and O–H groups in total. The number of hydrogen-bond donors (Lipinski definition) is 1. The van der Waals surface area contributed by atoms with Crippen LogP contribution in [0.4, 0.5) is 0 Å². The zero-order valence-electron chi connectivity index (χ0n) is 12.5. The Morgan fingerprint density at radius 1 is 1.05 bits per heavy atom. The molecule has 0 aromatic rings. The van der Waals surface area contributed by atoms with Gasteiger partial charge in [-0.1, -0.05) is 0 Å². The van der Waals surface area contributed by atoms with Crippen LogP contribution in [-0.4, -0.2) is 63.7 Å². The van der Waals surface area contributed by atoms with Crippen LogP contribution in [0.25, 0.3) is 0 Å². The molecule has 5 atom stereocenters. The van der Waals surface area contributed by atoms with E-state index in [0.29, 0.717) is 6.61 Å². The Kier molecular flexibility index (Phi) is 3.99. The van der Waals surface area contributed by atoms with Crippen LogP contribution in [0.3, 0.4) is 0 Å². The highest BCUT2D eigenvalue weighted by Gasteiger charge is 2.62. The molecule has 0 aromatic carbocycles. The molecule has 0 spiro atoms. The zero-order valence-corrected chi connectivity index (χ0v) is 14.0. The lowest BCUT2D eigenvalue weighted by Gasteiger charge is -2.32. The van der Waals surface area contributed by atoms with Gasteiger partial charge in [-0.3, -0.25) is 0 Å². The Balaban J connectivity index is 1.86. The number of rotatable bonds is 2. The lowest BCUT2D eigenvalue weighted by molar-refractivity contribution is -0.233. The monoisotopic (exact) mass is 341 g/mol. The smallest absolute Gasteiger partial charge is 0.163 e. The number of nitrogens with zero attached hydrogens (tertiary/aromatic N) is 1. The van der Waals surface area contributed by atoms with E-state index in [4.69, 9.17) is 42.1 Å². The highest BCUT2D eigenvalue weighted by Crippen LogP contribution is 2.44. The van der Waals surface area contributed by atoms with Gasteiger partial charge in [0.25, 0.3) is 0 Å². The molecule has 0 bridgehead atoms. The van der Waals surface area contributed by atoms with Crippen LogP contribution < -0.4 is 0 Å². The van der Waals surface area contributed by atoms with E-state index < -0.39 is 34.6 Å². The SMILES string of the molecule is CC1(C)OCC(C2[C@@H]3OC(C)(C)O[C@@H]3[C@@H](C(Cl)Cl)N2O)O1. The lowest BCUT2D eigenvalue weighted by Crippen LogP contribution is -2.49. The van der Waals surface area contributed by atoms with Crippen molar-refractivity contribution in [3.63, 3.8) is 0 Å². The van der Waals surface area contributed by atoms with Crippen LogP contribution in [0.1, 0.15) is 27.7 Å². The Morgan fingerprint density at radius 2 is 1.67 bits per heavy atom. The van der Waals surface area contributed by atoms with Crippen LogP contribution in [0.2, 0.25) is 0 Å². The summed E-state index contributed by atoms with van der Waals surface area (Å²) in [6.45, 7) is 7.69. The van der Waals surface area contributed by atoms with Gasteiger partial charge in [0.05, 0.1) is 18.7 Å². The van der Waals surface area contributed by atoms with Gasteiger partial charge in [0.1, 0.15) is 23.1 Å². The van der Waals surface area contributed by atoms with Crippen molar-refractivity contribution in [3.8, 4) is 0 Å². The predicted molar refractivity (Wildman–Crippen MR) is 75.4 cm³/mol. The third-order valence-electron chi connectivity index (χ3n) is 4.12. The summed E-state index contributed by atoms with van der Waals surface area (Å²) in [6, 6.07) is -1.01. The topological polar surface area (TPSA) is 60.4 Å². The standard InChI is InChI=1S/C13H21Cl2NO5/c1-12(2)18-5-6(19-12)7-9-10(21-13(3,4)20-9)8(11(14)15)16(7)17/h6-11,17H,5H2,1-4H3/t6?,7?,8-,9-,10+/m0/s1. The molecule has 6 nitrogen and oxygen atoms in total. The van der Waals surface area contributed by atoms with Gasteiger partial charge in [0.15, 0.2) is 11.6 Å². The molecule has 3 aliphatic heterocycles. The number of alkyl halides is 2. The average Bonchev–Trinajstić information content (AvgIpc) is 2.86. The van der Waals surface area contributed by atoms with Crippen molar-refractivity contribution in [1.82, 2.24) is 5.06 Å². The summed E-state index contributed by atoms with van der Waals surface area (Å²) in [5.41, 5.74) is 0. The van der Waals surface area contributed by atoms with Crippen LogP contribution >= 0.6 is 23.2 Å². The molecule has 3 fully saturated rings. The van der Waals surface area contributed by atoms with E-state index in [-0.39, 0.29) is 12.2 Å². The first-order valence-corrected chi connectivity index (χ1v) is 7.91. The molecule has 3 heterocycles. The van der Waals surface area contributed by atoms with Crippen LogP contribution in [0, 0.1) is 0 Å². The molecule has 0 radical (unpaired) electrons. The average molecular weight is 342 g/mol. The van der Waals surface area contributed by atoms with Gasteiger partial charge >= 0.3 is 0 Å². The quantitative estimate of drug-likeness (QED) is 0.774. The van der Waals surface area contributed by atoms with Gasteiger partial charge in [-0.2, -0.15) is 5.06 Å². The fraction of sp³-hybridized carbons (Fsp3) is 1.00. The van der Waals surface area contributed by atoms with Gasteiger partial charge < -0.3 is 24.2 Å². The molecule has 2 unspecified atom stereocenters. The summed E-state index contributed by atoms with van der Waals surface area (Å²) in [5, 5.41) is 11.6. The summed E-state index contributed by atoms with van der Waals surface area (Å²) in [5.74, 6) is -1.43. The molecule has 122 valence electrons. The van der Waals surface area contributed by atoms with Gasteiger partial charge in [0, 0.05) is 0 Å². The van der Waals surface area contributed by atoms with E-state index in [0.717, 1.165) is 5.06 Å². The normalized spacial score (nSPS) is 45.4. The largest absolute Gasteiger partial charge is 0.348 e. The number of fused-ring (bicyclic) bond motifs is 1. The maximum absolute atomic E-state index is 10.5. The number of hydrogen-bond acceptors (Lipinski definition) is 6. The molecule has 3 aliphatic rings. The summed E-state index contributed by atoms with van der Waals surface area (Å²) >= 11 is 12.0. The van der Waals surface area contributed by atoms with Gasteiger partial charge in [-0.25, -0.2) is 0 Å². The minimum atomic E-state index is -0.805.